The summed E-state index contributed by atoms with van der Waals surface area (Å²) in [7, 11) is -3.84. The first-order chi connectivity index (χ1) is 15.7. The smallest absolute Gasteiger partial charge is 0.324 e. The highest BCUT2D eigenvalue weighted by Crippen LogP contribution is 2.34. The molecule has 0 aliphatic carbocycles. The molecule has 1 unspecified atom stereocenters. The number of benzene rings is 2. The van der Waals surface area contributed by atoms with Crippen molar-refractivity contribution >= 4 is 19.2 Å². The van der Waals surface area contributed by atoms with Crippen LogP contribution >= 0.6 is 19.2 Å². The summed E-state index contributed by atoms with van der Waals surface area (Å²) in [6.07, 6.45) is 10.0. The molecule has 0 amide bonds. The third-order valence-electron chi connectivity index (χ3n) is 6.33. The largest absolute Gasteiger partial charge is 0.325 e. The van der Waals surface area contributed by atoms with Crippen molar-refractivity contribution in [1.29, 1.82) is 0 Å². The van der Waals surface area contributed by atoms with Gasteiger partial charge in [-0.05, 0) is 92.9 Å². The molecule has 0 bridgehead atoms. The Labute approximate surface area is 205 Å². The molecule has 0 heterocycles. The van der Waals surface area contributed by atoms with Crippen molar-refractivity contribution in [1.82, 2.24) is 5.32 Å². The van der Waals surface area contributed by atoms with Gasteiger partial charge in [0.05, 0.1) is 6.16 Å². The van der Waals surface area contributed by atoms with E-state index in [0.717, 1.165) is 24.4 Å². The van der Waals surface area contributed by atoms with Crippen molar-refractivity contribution in [3.8, 4) is 0 Å². The third kappa shape index (κ3) is 12.2. The Balaban J connectivity index is 1.67. The molecule has 184 valence electrons. The van der Waals surface area contributed by atoms with Gasteiger partial charge in [0.15, 0.2) is 0 Å². The van der Waals surface area contributed by atoms with Gasteiger partial charge >= 0.3 is 7.60 Å². The molecular formula is C27H41ClNO3P. The molecule has 0 aliphatic rings. The maximum Gasteiger partial charge on any atom is 0.325 e. The molecular weight excluding hydrogens is 453 g/mol. The summed E-state index contributed by atoms with van der Waals surface area (Å²) in [4.78, 5) is 17.7. The number of unbranched alkanes of at least 4 members (excludes halogenated alkanes) is 5. The fourth-order valence-corrected chi connectivity index (χ4v) is 5.01. The zero-order valence-corrected chi connectivity index (χ0v) is 21.9. The molecule has 4 nitrogen and oxygen atoms in total. The Hall–Kier alpha value is -1.16. The Bertz CT molecular complexity index is 883. The fraction of sp³-hybridized carbons (Fsp3) is 0.556. The average molecular weight is 494 g/mol. The maximum atomic E-state index is 10.8. The van der Waals surface area contributed by atoms with E-state index < -0.39 is 7.60 Å². The van der Waals surface area contributed by atoms with Crippen molar-refractivity contribution in [3.63, 3.8) is 0 Å². The SMILES string of the molecule is Cc1ccc(CC(CCCCCCCCNCCCP(=O)(O)O)c2cccc(Cl)c2)cc1C. The zero-order chi connectivity index (χ0) is 24.1. The Morgan fingerprint density at radius 1 is 0.879 bits per heavy atom. The summed E-state index contributed by atoms with van der Waals surface area (Å²) < 4.78 is 10.8. The lowest BCUT2D eigenvalue weighted by molar-refractivity contribution is 0.371. The Kier molecular flexibility index (Phi) is 12.7. The van der Waals surface area contributed by atoms with Crippen molar-refractivity contribution in [2.24, 2.45) is 0 Å². The van der Waals surface area contributed by atoms with Crippen LogP contribution in [0, 0.1) is 13.8 Å². The monoisotopic (exact) mass is 493 g/mol. The number of halogens is 1. The summed E-state index contributed by atoms with van der Waals surface area (Å²) >= 11 is 6.29. The normalized spacial score (nSPS) is 12.8. The predicted molar refractivity (Wildman–Crippen MR) is 141 cm³/mol. The van der Waals surface area contributed by atoms with Crippen molar-refractivity contribution < 1.29 is 14.4 Å². The topological polar surface area (TPSA) is 69.6 Å². The minimum Gasteiger partial charge on any atom is -0.324 e. The summed E-state index contributed by atoms with van der Waals surface area (Å²) in [5, 5.41) is 4.09. The number of nitrogens with one attached hydrogen (secondary N) is 1. The highest BCUT2D eigenvalue weighted by atomic mass is 35.5. The van der Waals surface area contributed by atoms with E-state index in [1.54, 1.807) is 0 Å². The summed E-state index contributed by atoms with van der Waals surface area (Å²) in [6, 6.07) is 15.2. The molecule has 2 rings (SSSR count). The van der Waals surface area contributed by atoms with E-state index in [9.17, 15) is 4.57 Å². The molecule has 33 heavy (non-hydrogen) atoms. The Morgan fingerprint density at radius 3 is 2.27 bits per heavy atom. The van der Waals surface area contributed by atoms with Crippen LogP contribution in [0.5, 0.6) is 0 Å². The number of hydrogen-bond acceptors (Lipinski definition) is 2. The number of rotatable bonds is 16. The molecule has 6 heteroatoms. The van der Waals surface area contributed by atoms with Crippen molar-refractivity contribution in [2.45, 2.75) is 77.6 Å². The lowest BCUT2D eigenvalue weighted by Crippen LogP contribution is -2.17. The maximum absolute atomic E-state index is 10.8. The lowest BCUT2D eigenvalue weighted by Gasteiger charge is -2.19. The van der Waals surface area contributed by atoms with Crippen LogP contribution in [0.1, 0.15) is 79.5 Å². The van der Waals surface area contributed by atoms with E-state index in [4.69, 9.17) is 21.4 Å². The van der Waals surface area contributed by atoms with E-state index in [2.05, 4.69) is 55.6 Å². The molecule has 0 radical (unpaired) electrons. The van der Waals surface area contributed by atoms with Crippen LogP contribution in [0.4, 0.5) is 0 Å². The van der Waals surface area contributed by atoms with Gasteiger partial charge in [0.1, 0.15) is 0 Å². The van der Waals surface area contributed by atoms with Gasteiger partial charge in [-0.1, -0.05) is 74.0 Å². The minimum atomic E-state index is -3.84. The van der Waals surface area contributed by atoms with Crippen LogP contribution < -0.4 is 5.32 Å². The molecule has 2 aromatic rings. The average Bonchev–Trinajstić information content (AvgIpc) is 2.75. The first-order valence-corrected chi connectivity index (χ1v) is 14.5. The van der Waals surface area contributed by atoms with Gasteiger partial charge in [0.25, 0.3) is 0 Å². The van der Waals surface area contributed by atoms with Gasteiger partial charge in [-0.15, -0.1) is 0 Å². The van der Waals surface area contributed by atoms with Crippen molar-refractivity contribution in [3.05, 3.63) is 69.7 Å². The van der Waals surface area contributed by atoms with Crippen LogP contribution in [0.25, 0.3) is 0 Å². The van der Waals surface area contributed by atoms with E-state index in [-0.39, 0.29) is 6.16 Å². The standard InChI is InChI=1S/C27H41ClNO3P/c1-22-14-15-24(19-23(22)2)20-25(26-12-9-13-27(28)21-26)11-7-5-3-4-6-8-16-29-17-10-18-33(30,31)32/h9,12-15,19,21,25,29H,3-8,10-11,16-18,20H2,1-2H3,(H2,30,31,32). The lowest BCUT2D eigenvalue weighted by atomic mass is 9.86. The van der Waals surface area contributed by atoms with Crippen LogP contribution in [0.3, 0.4) is 0 Å². The second kappa shape index (κ2) is 15.0. The first kappa shape index (κ1) is 28.1. The quantitative estimate of drug-likeness (QED) is 0.171. The second-order valence-electron chi connectivity index (χ2n) is 9.28. The number of aryl methyl sites for hydroxylation is 2. The summed E-state index contributed by atoms with van der Waals surface area (Å²) in [5.74, 6) is 0.489. The summed E-state index contributed by atoms with van der Waals surface area (Å²) in [5.41, 5.74) is 5.44. The molecule has 0 saturated carbocycles. The molecule has 0 fully saturated rings. The fourth-order valence-electron chi connectivity index (χ4n) is 4.24. The second-order valence-corrected chi connectivity index (χ2v) is 11.5. The van der Waals surface area contributed by atoms with Gasteiger partial charge < -0.3 is 15.1 Å². The highest BCUT2D eigenvalue weighted by molar-refractivity contribution is 7.51. The predicted octanol–water partition coefficient (Wildman–Crippen LogP) is 7.17. The molecule has 0 saturated heterocycles. The van der Waals surface area contributed by atoms with Gasteiger partial charge in [-0.3, -0.25) is 4.57 Å². The van der Waals surface area contributed by atoms with E-state index in [0.29, 0.717) is 18.9 Å². The van der Waals surface area contributed by atoms with Crippen LogP contribution in [0.15, 0.2) is 42.5 Å². The van der Waals surface area contributed by atoms with Gasteiger partial charge in [0.2, 0.25) is 0 Å². The van der Waals surface area contributed by atoms with Crippen LogP contribution in [-0.2, 0) is 11.0 Å². The first-order valence-electron chi connectivity index (χ1n) is 12.3. The number of hydrogen-bond donors (Lipinski definition) is 3. The van der Waals surface area contributed by atoms with Gasteiger partial charge in [0, 0.05) is 5.02 Å². The van der Waals surface area contributed by atoms with E-state index >= 15 is 0 Å². The van der Waals surface area contributed by atoms with Gasteiger partial charge in [-0.2, -0.15) is 0 Å². The molecule has 0 aliphatic heterocycles. The van der Waals surface area contributed by atoms with Crippen LogP contribution in [0.2, 0.25) is 5.02 Å². The molecule has 3 N–H and O–H groups in total. The summed E-state index contributed by atoms with van der Waals surface area (Å²) in [6.45, 7) is 5.95. The molecule has 2 aromatic carbocycles. The zero-order valence-electron chi connectivity index (χ0n) is 20.2. The molecule has 1 atom stereocenters. The van der Waals surface area contributed by atoms with E-state index in [1.165, 1.54) is 60.8 Å². The highest BCUT2D eigenvalue weighted by Gasteiger charge is 2.14. The van der Waals surface area contributed by atoms with Gasteiger partial charge in [-0.25, -0.2) is 0 Å². The Morgan fingerprint density at radius 2 is 1.58 bits per heavy atom. The molecule has 0 aromatic heterocycles. The van der Waals surface area contributed by atoms with Crippen LogP contribution in [-0.4, -0.2) is 29.0 Å². The molecule has 0 spiro atoms. The van der Waals surface area contributed by atoms with E-state index in [1.807, 2.05) is 6.07 Å². The third-order valence-corrected chi connectivity index (χ3v) is 7.47. The minimum absolute atomic E-state index is 0.0281. The van der Waals surface area contributed by atoms with Crippen molar-refractivity contribution in [2.75, 3.05) is 19.3 Å².